The van der Waals surface area contributed by atoms with Crippen LogP contribution in [0.1, 0.15) is 19.4 Å². The van der Waals surface area contributed by atoms with E-state index in [2.05, 4.69) is 4.74 Å². The van der Waals surface area contributed by atoms with Crippen LogP contribution in [0, 0.1) is 0 Å². The van der Waals surface area contributed by atoms with E-state index in [0.29, 0.717) is 22.9 Å². The molecule has 1 fully saturated rings. The number of rotatable bonds is 5. The molecule has 0 N–H and O–H groups in total. The fraction of sp³-hybridized carbons (Fsp3) is 0.312. The molecule has 1 aliphatic rings. The third-order valence-corrected chi connectivity index (χ3v) is 4.43. The van der Waals surface area contributed by atoms with Crippen molar-refractivity contribution >= 4 is 46.6 Å². The molecule has 2 rings (SSSR count). The minimum Gasteiger partial charge on any atom is -0.493 e. The van der Waals surface area contributed by atoms with Gasteiger partial charge in [0.05, 0.1) is 18.6 Å². The number of carbonyl (C=O) groups excluding carboxylic acids is 3. The maximum Gasteiger partial charge on any atom is 0.328 e. The zero-order valence-electron chi connectivity index (χ0n) is 13.4. The molecule has 1 saturated heterocycles. The maximum atomic E-state index is 12.5. The standard InChI is InChI=1S/C16H16ClNO5S/c1-4-23-12-6-5-11(17)7-10(12)8-13-14(19)18(16(21)24-13)9(2)15(20)22-3/h5-9H,4H2,1-3H3. The van der Waals surface area contributed by atoms with E-state index < -0.39 is 23.2 Å². The lowest BCUT2D eigenvalue weighted by Gasteiger charge is -2.18. The van der Waals surface area contributed by atoms with Gasteiger partial charge >= 0.3 is 5.97 Å². The highest BCUT2D eigenvalue weighted by Gasteiger charge is 2.41. The van der Waals surface area contributed by atoms with E-state index in [-0.39, 0.29) is 4.91 Å². The quantitative estimate of drug-likeness (QED) is 0.585. The zero-order chi connectivity index (χ0) is 17.9. The van der Waals surface area contributed by atoms with Gasteiger partial charge in [-0.25, -0.2) is 4.79 Å². The Kier molecular flexibility index (Phi) is 5.90. The molecule has 1 aliphatic heterocycles. The van der Waals surface area contributed by atoms with Crippen molar-refractivity contribution in [1.29, 1.82) is 0 Å². The Morgan fingerprint density at radius 3 is 2.75 bits per heavy atom. The minimum atomic E-state index is -0.987. The van der Waals surface area contributed by atoms with Crippen molar-refractivity contribution in [3.63, 3.8) is 0 Å². The number of methoxy groups -OCH3 is 1. The second-order valence-corrected chi connectivity index (χ2v) is 6.30. The highest BCUT2D eigenvalue weighted by Crippen LogP contribution is 2.36. The smallest absolute Gasteiger partial charge is 0.328 e. The number of thioether (sulfide) groups is 1. The topological polar surface area (TPSA) is 72.9 Å². The first-order chi connectivity index (χ1) is 11.4. The number of esters is 1. The monoisotopic (exact) mass is 369 g/mol. The second-order valence-electron chi connectivity index (χ2n) is 4.87. The SMILES string of the molecule is CCOc1ccc(Cl)cc1C=C1SC(=O)N(C(C)C(=O)OC)C1=O. The fourth-order valence-corrected chi connectivity index (χ4v) is 3.23. The van der Waals surface area contributed by atoms with Gasteiger partial charge in [-0.05, 0) is 49.9 Å². The van der Waals surface area contributed by atoms with E-state index in [9.17, 15) is 14.4 Å². The lowest BCUT2D eigenvalue weighted by Crippen LogP contribution is -2.42. The van der Waals surface area contributed by atoms with Gasteiger partial charge in [0, 0.05) is 10.6 Å². The molecule has 0 aromatic heterocycles. The number of benzene rings is 1. The van der Waals surface area contributed by atoms with Crippen LogP contribution in [0.15, 0.2) is 23.1 Å². The molecule has 0 saturated carbocycles. The molecule has 1 heterocycles. The van der Waals surface area contributed by atoms with Crippen LogP contribution in [0.4, 0.5) is 4.79 Å². The number of imide groups is 1. The van der Waals surface area contributed by atoms with Crippen molar-refractivity contribution < 1.29 is 23.9 Å². The summed E-state index contributed by atoms with van der Waals surface area (Å²) in [5.74, 6) is -0.656. The number of hydrogen-bond acceptors (Lipinski definition) is 6. The molecular weight excluding hydrogens is 354 g/mol. The van der Waals surface area contributed by atoms with E-state index in [4.69, 9.17) is 16.3 Å². The molecule has 1 aromatic carbocycles. The lowest BCUT2D eigenvalue weighted by atomic mass is 10.1. The Morgan fingerprint density at radius 1 is 1.42 bits per heavy atom. The minimum absolute atomic E-state index is 0.193. The van der Waals surface area contributed by atoms with Crippen LogP contribution >= 0.6 is 23.4 Å². The molecule has 6 nitrogen and oxygen atoms in total. The molecule has 1 unspecified atom stereocenters. The summed E-state index contributed by atoms with van der Waals surface area (Å²) in [6, 6.07) is 4.03. The first-order valence-electron chi connectivity index (χ1n) is 7.16. The first kappa shape index (κ1) is 18.4. The lowest BCUT2D eigenvalue weighted by molar-refractivity contribution is -0.148. The Morgan fingerprint density at radius 2 is 2.12 bits per heavy atom. The Labute approximate surface area is 148 Å². The van der Waals surface area contributed by atoms with Crippen molar-refractivity contribution in [3.05, 3.63) is 33.7 Å². The first-order valence-corrected chi connectivity index (χ1v) is 8.35. The van der Waals surface area contributed by atoms with E-state index in [0.717, 1.165) is 16.7 Å². The average molecular weight is 370 g/mol. The van der Waals surface area contributed by atoms with Crippen molar-refractivity contribution in [2.45, 2.75) is 19.9 Å². The van der Waals surface area contributed by atoms with Crippen LogP contribution in [-0.4, -0.2) is 41.8 Å². The van der Waals surface area contributed by atoms with E-state index in [1.54, 1.807) is 18.2 Å². The Bertz CT molecular complexity index is 718. The van der Waals surface area contributed by atoms with Gasteiger partial charge in [0.25, 0.3) is 11.1 Å². The van der Waals surface area contributed by atoms with Crippen LogP contribution in [-0.2, 0) is 14.3 Å². The van der Waals surface area contributed by atoms with E-state index >= 15 is 0 Å². The molecule has 0 aliphatic carbocycles. The van der Waals surface area contributed by atoms with Gasteiger partial charge in [0.15, 0.2) is 0 Å². The van der Waals surface area contributed by atoms with Crippen molar-refractivity contribution in [2.75, 3.05) is 13.7 Å². The van der Waals surface area contributed by atoms with Gasteiger partial charge in [0.1, 0.15) is 11.8 Å². The molecular formula is C16H16ClNO5S. The normalized spacial score (nSPS) is 17.3. The number of ether oxygens (including phenoxy) is 2. The summed E-state index contributed by atoms with van der Waals surface area (Å²) in [6.07, 6.45) is 1.53. The van der Waals surface area contributed by atoms with Crippen LogP contribution < -0.4 is 4.74 Å². The average Bonchev–Trinajstić information content (AvgIpc) is 2.82. The molecule has 2 amide bonds. The van der Waals surface area contributed by atoms with Crippen molar-refractivity contribution in [3.8, 4) is 5.75 Å². The zero-order valence-corrected chi connectivity index (χ0v) is 14.9. The molecule has 0 spiro atoms. The molecule has 1 aromatic rings. The largest absolute Gasteiger partial charge is 0.493 e. The number of halogens is 1. The molecule has 0 radical (unpaired) electrons. The number of hydrogen-bond donors (Lipinski definition) is 0. The highest BCUT2D eigenvalue weighted by molar-refractivity contribution is 8.18. The van der Waals surface area contributed by atoms with Gasteiger partial charge in [0.2, 0.25) is 0 Å². The summed E-state index contributed by atoms with van der Waals surface area (Å²) < 4.78 is 10.1. The van der Waals surface area contributed by atoms with Gasteiger partial charge < -0.3 is 9.47 Å². The number of amides is 2. The maximum absolute atomic E-state index is 12.5. The highest BCUT2D eigenvalue weighted by atomic mass is 35.5. The number of nitrogens with zero attached hydrogens (tertiary/aromatic N) is 1. The summed E-state index contributed by atoms with van der Waals surface area (Å²) in [4.78, 5) is 37.2. The molecule has 24 heavy (non-hydrogen) atoms. The molecule has 128 valence electrons. The second kappa shape index (κ2) is 7.72. The number of carbonyl (C=O) groups is 3. The van der Waals surface area contributed by atoms with Crippen LogP contribution in [0.25, 0.3) is 6.08 Å². The summed E-state index contributed by atoms with van der Waals surface area (Å²) >= 11 is 6.75. The summed E-state index contributed by atoms with van der Waals surface area (Å²) in [5, 5.41) is -0.0454. The van der Waals surface area contributed by atoms with Gasteiger partial charge in [-0.15, -0.1) is 0 Å². The predicted molar refractivity (Wildman–Crippen MR) is 91.9 cm³/mol. The van der Waals surface area contributed by atoms with Gasteiger partial charge in [-0.3, -0.25) is 14.5 Å². The summed E-state index contributed by atoms with van der Waals surface area (Å²) in [5.41, 5.74) is 0.584. The van der Waals surface area contributed by atoms with Gasteiger partial charge in [-0.2, -0.15) is 0 Å². The van der Waals surface area contributed by atoms with Crippen LogP contribution in [0.3, 0.4) is 0 Å². The van der Waals surface area contributed by atoms with E-state index in [1.807, 2.05) is 6.92 Å². The van der Waals surface area contributed by atoms with Crippen molar-refractivity contribution in [1.82, 2.24) is 4.90 Å². The Balaban J connectivity index is 2.35. The van der Waals surface area contributed by atoms with Crippen molar-refractivity contribution in [2.24, 2.45) is 0 Å². The third kappa shape index (κ3) is 3.73. The predicted octanol–water partition coefficient (Wildman–Crippen LogP) is 3.34. The van der Waals surface area contributed by atoms with Gasteiger partial charge in [-0.1, -0.05) is 11.6 Å². The fourth-order valence-electron chi connectivity index (χ4n) is 2.15. The van der Waals surface area contributed by atoms with Crippen LogP contribution in [0.2, 0.25) is 5.02 Å². The third-order valence-electron chi connectivity index (χ3n) is 3.31. The molecule has 0 bridgehead atoms. The van der Waals surface area contributed by atoms with E-state index in [1.165, 1.54) is 20.1 Å². The molecule has 8 heteroatoms. The molecule has 1 atom stereocenters. The van der Waals surface area contributed by atoms with Crippen LogP contribution in [0.5, 0.6) is 5.75 Å². The summed E-state index contributed by atoms with van der Waals surface area (Å²) in [7, 11) is 1.20. The Hall–Kier alpha value is -1.99. The summed E-state index contributed by atoms with van der Waals surface area (Å²) in [6.45, 7) is 3.73.